The van der Waals surface area contributed by atoms with Crippen molar-refractivity contribution in [3.63, 3.8) is 0 Å². The van der Waals surface area contributed by atoms with Gasteiger partial charge in [-0.3, -0.25) is 9.78 Å². The molecule has 16 nitrogen and oxygen atoms in total. The van der Waals surface area contributed by atoms with Gasteiger partial charge in [-0.1, -0.05) is 50.1 Å². The van der Waals surface area contributed by atoms with Crippen LogP contribution in [0, 0.1) is 0 Å². The third-order valence-corrected chi connectivity index (χ3v) is 12.2. The van der Waals surface area contributed by atoms with Crippen LogP contribution in [0.2, 0.25) is 0 Å². The molecular formula is C39H52ClN5O11S. The van der Waals surface area contributed by atoms with Crippen LogP contribution in [0.25, 0.3) is 11.1 Å². The number of halogens is 1. The Hall–Kier alpha value is -3.91. The molecule has 57 heavy (non-hydrogen) atoms. The average Bonchev–Trinajstić information content (AvgIpc) is 4.14. The number of primary amides is 1. The van der Waals surface area contributed by atoms with Gasteiger partial charge in [-0.05, 0) is 61.6 Å². The minimum Gasteiger partial charge on any atom is -0.490 e. The summed E-state index contributed by atoms with van der Waals surface area (Å²) in [6, 6.07) is 13.1. The first-order valence-corrected chi connectivity index (χ1v) is 20.8. The smallest absolute Gasteiger partial charge is 0.318 e. The van der Waals surface area contributed by atoms with Crippen LogP contribution < -0.4 is 20.5 Å². The number of pyridine rings is 1. The number of carbonyl (C=O) groups excluding carboxylic acids is 2. The molecule has 9 N–H and O–H groups in total. The Kier molecular flexibility index (Phi) is 14.6. The molecule has 2 saturated carbocycles. The summed E-state index contributed by atoms with van der Waals surface area (Å²) < 4.78 is 42.4. The normalized spacial score (nSPS) is 21.1. The van der Waals surface area contributed by atoms with Crippen molar-refractivity contribution in [2.45, 2.75) is 111 Å². The van der Waals surface area contributed by atoms with Crippen molar-refractivity contribution in [1.82, 2.24) is 19.9 Å². The highest BCUT2D eigenvalue weighted by Gasteiger charge is 2.57. The molecule has 0 saturated heterocycles. The average molecular weight is 834 g/mol. The van der Waals surface area contributed by atoms with Crippen molar-refractivity contribution < 1.29 is 53.0 Å². The third-order valence-electron chi connectivity index (χ3n) is 10.2. The Bertz CT molecular complexity index is 1970. The van der Waals surface area contributed by atoms with Gasteiger partial charge >= 0.3 is 6.03 Å². The van der Waals surface area contributed by atoms with Crippen LogP contribution in [0.1, 0.15) is 63.5 Å². The van der Waals surface area contributed by atoms with Gasteiger partial charge in [0.05, 0.1) is 36.1 Å². The number of hydrogen-bond donors (Lipinski definition) is 8. The number of aliphatic hydroxyl groups excluding tert-OH is 4. The number of unbranched alkanes of at least 4 members (excludes halogenated alkanes) is 1. The fourth-order valence-corrected chi connectivity index (χ4v) is 8.36. The summed E-state index contributed by atoms with van der Waals surface area (Å²) in [6.45, 7) is 1.27. The molecule has 2 aromatic carbocycles. The molecular weight excluding hydrogens is 782 g/mol. The minimum atomic E-state index is -4.78. The summed E-state index contributed by atoms with van der Waals surface area (Å²) in [7, 11) is -4.78. The zero-order valence-corrected chi connectivity index (χ0v) is 33.4. The fourth-order valence-electron chi connectivity index (χ4n) is 6.61. The zero-order valence-electron chi connectivity index (χ0n) is 31.8. The highest BCUT2D eigenvalue weighted by Crippen LogP contribution is 2.56. The number of ether oxygens (including phenoxy) is 2. The van der Waals surface area contributed by atoms with E-state index in [0.717, 1.165) is 40.2 Å². The number of amides is 3. The number of carbonyl (C=O) groups is 2. The van der Waals surface area contributed by atoms with Crippen molar-refractivity contribution in [1.29, 1.82) is 0 Å². The first-order valence-electron chi connectivity index (χ1n) is 18.9. The van der Waals surface area contributed by atoms with Crippen molar-refractivity contribution in [2.24, 2.45) is 5.73 Å². The molecule has 7 atom stereocenters. The number of rotatable bonds is 22. The van der Waals surface area contributed by atoms with E-state index in [9.17, 15) is 43.5 Å². The molecule has 1 aromatic heterocycles. The van der Waals surface area contributed by atoms with Gasteiger partial charge < -0.3 is 51.0 Å². The lowest BCUT2D eigenvalue weighted by molar-refractivity contribution is -0.160. The third kappa shape index (κ3) is 10.4. The standard InChI is InChI=1S/C39H52ClN5O11S/c1-3-5-12-30(36(41)50)45(4-2)37(51)43-23-39(52,35(49)34(48)31(47)21-46)44-57(53,54)26-10-8-9-24(18-26)22-55-38(19-33(38)40)29-20-42-17-16-27(29)28-11-6-7-13-32(28)56-25-14-15-25/h6-11,13,16-18,20,25,30-31,33-35,44,46-49,52H,3-5,12,14-15,19,21-23H2,1-2H3,(H2,41,50)(H,43,51)/t30?,31-,33-,34-,35-,38-,39+/m1/s1. The Morgan fingerprint density at radius 2 is 1.82 bits per heavy atom. The molecule has 0 spiro atoms. The Labute approximate surface area is 337 Å². The first kappa shape index (κ1) is 44.2. The lowest BCUT2D eigenvalue weighted by Crippen LogP contribution is -2.67. The Balaban J connectivity index is 1.37. The van der Waals surface area contributed by atoms with Crippen molar-refractivity contribution >= 4 is 33.6 Å². The molecule has 18 heteroatoms. The van der Waals surface area contributed by atoms with E-state index >= 15 is 0 Å². The van der Waals surface area contributed by atoms with Gasteiger partial charge in [0.25, 0.3) is 0 Å². The van der Waals surface area contributed by atoms with Crippen molar-refractivity contribution in [3.05, 3.63) is 78.1 Å². The summed E-state index contributed by atoms with van der Waals surface area (Å²) in [5, 5.41) is 54.6. The number of hydrogen-bond acceptors (Lipinski definition) is 12. The number of aromatic nitrogens is 1. The quantitative estimate of drug-likeness (QED) is 0.0533. The second-order valence-corrected chi connectivity index (χ2v) is 16.7. The van der Waals surface area contributed by atoms with E-state index < -0.39 is 76.2 Å². The number of alkyl halides is 1. The van der Waals surface area contributed by atoms with E-state index in [2.05, 4.69) is 10.3 Å². The number of nitrogens with two attached hydrogens (primary N) is 1. The molecule has 3 amide bonds. The van der Waals surface area contributed by atoms with E-state index in [-0.39, 0.29) is 30.6 Å². The summed E-state index contributed by atoms with van der Waals surface area (Å²) in [5.74, 6) is -0.0482. The second-order valence-electron chi connectivity index (χ2n) is 14.5. The van der Waals surface area contributed by atoms with Gasteiger partial charge in [0.1, 0.15) is 35.7 Å². The van der Waals surface area contributed by atoms with E-state index in [4.69, 9.17) is 26.8 Å². The first-order chi connectivity index (χ1) is 27.1. The number of sulfonamides is 1. The lowest BCUT2D eigenvalue weighted by atomic mass is 9.96. The fraction of sp³-hybridized carbons (Fsp3) is 0.513. The van der Waals surface area contributed by atoms with Gasteiger partial charge in [-0.2, -0.15) is 4.72 Å². The molecule has 1 unspecified atom stereocenters. The summed E-state index contributed by atoms with van der Waals surface area (Å²) in [5.41, 5.74) is 4.34. The highest BCUT2D eigenvalue weighted by molar-refractivity contribution is 7.89. The largest absolute Gasteiger partial charge is 0.490 e. The number of likely N-dealkylation sites (N-methyl/N-ethyl adjacent to an activating group) is 1. The predicted molar refractivity (Wildman–Crippen MR) is 209 cm³/mol. The summed E-state index contributed by atoms with van der Waals surface area (Å²) in [4.78, 5) is 30.6. The van der Waals surface area contributed by atoms with Crippen LogP contribution in [0.3, 0.4) is 0 Å². The highest BCUT2D eigenvalue weighted by atomic mass is 35.5. The number of nitrogens with zero attached hydrogens (tertiary/aromatic N) is 2. The van der Waals surface area contributed by atoms with Crippen molar-refractivity contribution in [3.8, 4) is 16.9 Å². The van der Waals surface area contributed by atoms with Crippen LogP contribution in [0.15, 0.2) is 71.9 Å². The topological polar surface area (TPSA) is 254 Å². The maximum absolute atomic E-state index is 13.9. The molecule has 2 aliphatic carbocycles. The van der Waals surface area contributed by atoms with Crippen LogP contribution in [0.4, 0.5) is 4.79 Å². The molecule has 0 radical (unpaired) electrons. The Morgan fingerprint density at radius 3 is 2.46 bits per heavy atom. The van der Waals surface area contributed by atoms with Crippen molar-refractivity contribution in [2.75, 3.05) is 19.7 Å². The van der Waals surface area contributed by atoms with Gasteiger partial charge in [0.2, 0.25) is 15.9 Å². The molecule has 2 aliphatic rings. The van der Waals surface area contributed by atoms with Crippen LogP contribution in [0.5, 0.6) is 5.75 Å². The van der Waals surface area contributed by atoms with E-state index in [1.54, 1.807) is 25.4 Å². The van der Waals surface area contributed by atoms with Crippen LogP contribution in [-0.4, -0.2) is 117 Å². The predicted octanol–water partition coefficient (Wildman–Crippen LogP) is 1.83. The van der Waals surface area contributed by atoms with E-state index in [1.165, 1.54) is 18.2 Å². The number of benzene rings is 2. The Morgan fingerprint density at radius 1 is 1.11 bits per heavy atom. The number of nitrogens with one attached hydrogen (secondary N) is 2. The van der Waals surface area contributed by atoms with E-state index in [1.807, 2.05) is 42.0 Å². The van der Waals surface area contributed by atoms with Crippen LogP contribution in [-0.2, 0) is 31.8 Å². The number of para-hydroxylation sites is 1. The number of urea groups is 1. The maximum Gasteiger partial charge on any atom is 0.318 e. The van der Waals surface area contributed by atoms with Gasteiger partial charge in [-0.15, -0.1) is 11.6 Å². The molecule has 5 rings (SSSR count). The van der Waals surface area contributed by atoms with Gasteiger partial charge in [0, 0.05) is 36.5 Å². The molecule has 0 bridgehead atoms. The molecule has 3 aromatic rings. The molecule has 0 aliphatic heterocycles. The SMILES string of the molecule is CCCCC(C(N)=O)N(CC)C(=O)NC[C@@](O)(NS(=O)(=O)c1cccc(CO[C@@]2(c3cnccc3-c3ccccc3OC3CC3)C[C@H]2Cl)c1)[C@H](O)[C@H](O)[C@H](O)CO. The summed E-state index contributed by atoms with van der Waals surface area (Å²) in [6.07, 6.45) is 0.690. The zero-order chi connectivity index (χ0) is 41.5. The molecule has 312 valence electrons. The van der Waals surface area contributed by atoms with Gasteiger partial charge in [-0.25, -0.2) is 13.2 Å². The van der Waals surface area contributed by atoms with Gasteiger partial charge in [0.15, 0.2) is 5.72 Å². The monoisotopic (exact) mass is 833 g/mol. The van der Waals surface area contributed by atoms with E-state index in [0.29, 0.717) is 24.8 Å². The maximum atomic E-state index is 13.9. The molecule has 2 fully saturated rings. The summed E-state index contributed by atoms with van der Waals surface area (Å²) >= 11 is 6.75. The number of aliphatic hydroxyl groups is 5. The second kappa shape index (κ2) is 18.8. The van der Waals surface area contributed by atoms with Crippen LogP contribution >= 0.6 is 11.6 Å². The molecule has 1 heterocycles. The lowest BCUT2D eigenvalue weighted by Gasteiger charge is -2.38. The minimum absolute atomic E-state index is 0.00650.